The molecule has 33 heavy (non-hydrogen) atoms. The minimum absolute atomic E-state index is 0.809. The van der Waals surface area contributed by atoms with E-state index in [1.165, 1.54) is 24.0 Å². The molecule has 2 heterocycles. The van der Waals surface area contributed by atoms with E-state index >= 15 is 0 Å². The Morgan fingerprint density at radius 3 is 2.42 bits per heavy atom. The highest BCUT2D eigenvalue weighted by atomic mass is 31.1. The molecule has 4 nitrogen and oxygen atoms in total. The van der Waals surface area contributed by atoms with Crippen LogP contribution < -0.4 is 10.2 Å². The van der Waals surface area contributed by atoms with E-state index in [1.807, 2.05) is 24.3 Å². The Morgan fingerprint density at radius 1 is 0.970 bits per heavy atom. The third-order valence-corrected chi connectivity index (χ3v) is 6.25. The van der Waals surface area contributed by atoms with E-state index < -0.39 is 7.77 Å². The van der Waals surface area contributed by atoms with Gasteiger partial charge in [-0.1, -0.05) is 57.9 Å². The van der Waals surface area contributed by atoms with Crippen LogP contribution in [0.1, 0.15) is 63.1 Å². The average Bonchev–Trinajstić information content (AvgIpc) is 2.82. The quantitative estimate of drug-likeness (QED) is 0.258. The topological polar surface area (TPSA) is 60.9 Å². The number of nitrogens with zero attached hydrogens (tertiary/aromatic N) is 2. The van der Waals surface area contributed by atoms with Crippen molar-refractivity contribution in [1.82, 2.24) is 9.97 Å². The van der Waals surface area contributed by atoms with Crippen molar-refractivity contribution < 1.29 is 4.89 Å². The Morgan fingerprint density at radius 2 is 1.79 bits per heavy atom. The molecule has 0 saturated heterocycles. The monoisotopic (exact) mass is 463 g/mol. The summed E-state index contributed by atoms with van der Waals surface area (Å²) in [5.41, 5.74) is 6.91. The molecule has 0 amide bonds. The zero-order valence-corrected chi connectivity index (χ0v) is 21.5. The molecule has 3 aromatic rings. The first-order valence-electron chi connectivity index (χ1n) is 12.0. The third-order valence-electron chi connectivity index (χ3n) is 5.43. The van der Waals surface area contributed by atoms with Crippen LogP contribution in [0.3, 0.4) is 0 Å². The van der Waals surface area contributed by atoms with Crippen molar-refractivity contribution in [2.75, 3.05) is 11.5 Å². The van der Waals surface area contributed by atoms with Gasteiger partial charge < -0.3 is 10.2 Å². The Hall–Kier alpha value is -2.55. The van der Waals surface area contributed by atoms with Crippen molar-refractivity contribution in [3.8, 4) is 11.4 Å². The summed E-state index contributed by atoms with van der Waals surface area (Å²) in [6, 6.07) is 16.5. The number of nitrogens with one attached hydrogen (secondary N) is 1. The van der Waals surface area contributed by atoms with E-state index in [1.54, 1.807) is 6.20 Å². The van der Waals surface area contributed by atoms with Gasteiger partial charge in [-0.15, -0.1) is 0 Å². The molecule has 0 bridgehead atoms. The number of anilines is 2. The molecule has 5 heteroatoms. The van der Waals surface area contributed by atoms with E-state index in [0.29, 0.717) is 0 Å². The zero-order valence-electron chi connectivity index (χ0n) is 20.6. The molecule has 0 aliphatic rings. The molecule has 1 N–H and O–H groups in total. The van der Waals surface area contributed by atoms with E-state index in [4.69, 9.17) is 4.98 Å². The molecule has 0 fully saturated rings. The van der Waals surface area contributed by atoms with Gasteiger partial charge >= 0.3 is 0 Å². The highest BCUT2D eigenvalue weighted by molar-refractivity contribution is 7.48. The predicted octanol–water partition coefficient (Wildman–Crippen LogP) is 7.08. The van der Waals surface area contributed by atoms with Crippen LogP contribution >= 0.6 is 7.77 Å². The Balaban J connectivity index is 0.000000414. The van der Waals surface area contributed by atoms with Gasteiger partial charge in [-0.25, -0.2) is 4.98 Å². The molecular weight excluding hydrogens is 425 g/mol. The lowest BCUT2D eigenvalue weighted by Gasteiger charge is -2.16. The largest absolute Gasteiger partial charge is 0.631 e. The number of aryl methyl sites for hydroxylation is 2. The molecule has 1 atom stereocenters. The number of benzene rings is 1. The van der Waals surface area contributed by atoms with Crippen molar-refractivity contribution in [3.63, 3.8) is 0 Å². The molecule has 0 aliphatic heterocycles. The highest BCUT2D eigenvalue weighted by Gasteiger charge is 2.10. The van der Waals surface area contributed by atoms with E-state index in [0.717, 1.165) is 60.3 Å². The van der Waals surface area contributed by atoms with Gasteiger partial charge in [0.1, 0.15) is 12.0 Å². The fourth-order valence-electron chi connectivity index (χ4n) is 3.66. The summed E-state index contributed by atoms with van der Waals surface area (Å²) < 4.78 is 0. The van der Waals surface area contributed by atoms with Gasteiger partial charge in [0, 0.05) is 19.7 Å². The minimum atomic E-state index is -1.11. The summed E-state index contributed by atoms with van der Waals surface area (Å²) in [6.45, 7) is 8.64. The lowest BCUT2D eigenvalue weighted by atomic mass is 9.99. The van der Waals surface area contributed by atoms with Crippen LogP contribution in [0, 0.1) is 6.92 Å². The van der Waals surface area contributed by atoms with Crippen LogP contribution in [0.15, 0.2) is 54.7 Å². The fraction of sp³-hybridized carbons (Fsp3) is 0.393. The molecule has 2 aromatic heterocycles. The smallest absolute Gasteiger partial charge is 0.131 e. The first-order chi connectivity index (χ1) is 16.0. The molecule has 1 aromatic carbocycles. The Labute approximate surface area is 201 Å². The molecule has 0 aliphatic carbocycles. The van der Waals surface area contributed by atoms with Crippen LogP contribution in [0.5, 0.6) is 0 Å². The summed E-state index contributed by atoms with van der Waals surface area (Å²) in [6.07, 6.45) is 12.8. The van der Waals surface area contributed by atoms with E-state index in [2.05, 4.69) is 68.6 Å². The lowest BCUT2D eigenvalue weighted by molar-refractivity contribution is -0.152. The number of unbranched alkanes of at least 4 members (excludes halogenated alkanes) is 2. The van der Waals surface area contributed by atoms with Crippen molar-refractivity contribution in [2.45, 2.75) is 66.2 Å². The van der Waals surface area contributed by atoms with Crippen LogP contribution in [0.25, 0.3) is 11.4 Å². The van der Waals surface area contributed by atoms with Crippen LogP contribution in [0.4, 0.5) is 11.5 Å². The second-order valence-corrected chi connectivity index (χ2v) is 9.57. The summed E-state index contributed by atoms with van der Waals surface area (Å²) in [5.74, 6) is 0.858. The number of hydrogen-bond donors (Lipinski definition) is 1. The summed E-state index contributed by atoms with van der Waals surface area (Å²) >= 11 is 0. The van der Waals surface area contributed by atoms with Crippen LogP contribution in [0.2, 0.25) is 0 Å². The molecule has 1 unspecified atom stereocenters. The molecule has 3 rings (SSSR count). The van der Waals surface area contributed by atoms with Gasteiger partial charge in [-0.2, -0.15) is 0 Å². The number of pyridine rings is 2. The SMILES string of the molecule is C=[P+]([O-])CCCCC.CCCc1c(CC)cccc1Nc1ccc(C)c(-c2ccccn2)n1. The summed E-state index contributed by atoms with van der Waals surface area (Å²) in [4.78, 5) is 19.6. The van der Waals surface area contributed by atoms with Crippen molar-refractivity contribution in [1.29, 1.82) is 0 Å². The summed E-state index contributed by atoms with van der Waals surface area (Å²) in [5, 5.41) is 3.53. The summed E-state index contributed by atoms with van der Waals surface area (Å²) in [7, 11) is -1.11. The van der Waals surface area contributed by atoms with Crippen LogP contribution in [-0.2, 0) is 12.8 Å². The maximum Gasteiger partial charge on any atom is 0.131 e. The standard InChI is InChI=1S/C22H25N3.C6H13OP/c1-4-9-18-17(5-2)10-8-12-19(18)24-21-14-13-16(3)22(25-21)20-11-6-7-15-23-20;1-3-4-5-6-8(2)7/h6-8,10-15H,4-5,9H2,1-3H3,(H,24,25);2-6H2,1H3. The first-order valence-corrected chi connectivity index (χ1v) is 13.6. The molecular formula is C28H38N3OP. The minimum Gasteiger partial charge on any atom is -0.631 e. The first kappa shape index (κ1) is 26.7. The Bertz CT molecular complexity index is 1010. The number of hydrogen-bond acceptors (Lipinski definition) is 4. The molecule has 0 saturated carbocycles. The third kappa shape index (κ3) is 8.72. The predicted molar refractivity (Wildman–Crippen MR) is 144 cm³/mol. The van der Waals surface area contributed by atoms with Gasteiger partial charge in [-0.05, 0) is 73.6 Å². The maximum atomic E-state index is 10.4. The maximum absolute atomic E-state index is 10.4. The average molecular weight is 464 g/mol. The van der Waals surface area contributed by atoms with Gasteiger partial charge in [0.25, 0.3) is 0 Å². The van der Waals surface area contributed by atoms with Gasteiger partial charge in [0.15, 0.2) is 0 Å². The van der Waals surface area contributed by atoms with Gasteiger partial charge in [-0.3, -0.25) is 4.98 Å². The molecule has 0 radical (unpaired) electrons. The van der Waals surface area contributed by atoms with Crippen molar-refractivity contribution in [3.05, 3.63) is 71.4 Å². The second kappa shape index (κ2) is 14.6. The molecule has 0 spiro atoms. The molecule has 176 valence electrons. The zero-order chi connectivity index (χ0) is 24.1. The lowest BCUT2D eigenvalue weighted by Crippen LogP contribution is -2.02. The normalized spacial score (nSPS) is 10.9. The van der Waals surface area contributed by atoms with E-state index in [-0.39, 0.29) is 0 Å². The number of rotatable bonds is 10. The highest BCUT2D eigenvalue weighted by Crippen LogP contribution is 2.27. The fourth-order valence-corrected chi connectivity index (χ4v) is 4.24. The van der Waals surface area contributed by atoms with Crippen LogP contribution in [-0.4, -0.2) is 22.4 Å². The van der Waals surface area contributed by atoms with Gasteiger partial charge in [0.2, 0.25) is 0 Å². The number of aromatic nitrogens is 2. The Kier molecular flexibility index (Phi) is 11.8. The van der Waals surface area contributed by atoms with Gasteiger partial charge in [0.05, 0.1) is 17.7 Å². The van der Waals surface area contributed by atoms with Crippen molar-refractivity contribution in [2.24, 2.45) is 0 Å². The van der Waals surface area contributed by atoms with E-state index in [9.17, 15) is 4.89 Å². The second-order valence-electron chi connectivity index (χ2n) is 8.16. The van der Waals surface area contributed by atoms with Crippen molar-refractivity contribution >= 4 is 25.6 Å².